The fourth-order valence-corrected chi connectivity index (χ4v) is 2.15. The van der Waals surface area contributed by atoms with Gasteiger partial charge in [-0.2, -0.15) is 0 Å². The molecular weight excluding hydrogens is 332 g/mol. The lowest BCUT2D eigenvalue weighted by atomic mass is 10.1. The SMILES string of the molecule is COc1cc(CC(O)c2ccc(Cl)c(Br)c2)ncn1. The standard InChI is InChI=1S/C13H12BrClN2O2/c1-19-13-6-9(16-7-17-13)5-12(18)8-2-3-11(15)10(14)4-8/h2-4,6-7,12,18H,5H2,1H3. The third kappa shape index (κ3) is 3.65. The van der Waals surface area contributed by atoms with Gasteiger partial charge in [0.1, 0.15) is 6.33 Å². The van der Waals surface area contributed by atoms with Crippen molar-refractivity contribution in [2.24, 2.45) is 0 Å². The fraction of sp³-hybridized carbons (Fsp3) is 0.231. The molecule has 0 aliphatic heterocycles. The van der Waals surface area contributed by atoms with Crippen molar-refractivity contribution in [3.8, 4) is 5.88 Å². The van der Waals surface area contributed by atoms with Gasteiger partial charge in [-0.1, -0.05) is 17.7 Å². The van der Waals surface area contributed by atoms with E-state index in [1.807, 2.05) is 0 Å². The lowest BCUT2D eigenvalue weighted by Gasteiger charge is -2.11. The van der Waals surface area contributed by atoms with E-state index in [4.69, 9.17) is 16.3 Å². The highest BCUT2D eigenvalue weighted by Crippen LogP contribution is 2.27. The van der Waals surface area contributed by atoms with Crippen LogP contribution in [-0.4, -0.2) is 22.2 Å². The van der Waals surface area contributed by atoms with Crippen molar-refractivity contribution >= 4 is 27.5 Å². The zero-order valence-corrected chi connectivity index (χ0v) is 12.5. The fourth-order valence-electron chi connectivity index (χ4n) is 1.64. The number of aliphatic hydroxyl groups excluding tert-OH is 1. The second kappa shape index (κ2) is 6.32. The van der Waals surface area contributed by atoms with Gasteiger partial charge in [-0.05, 0) is 33.6 Å². The lowest BCUT2D eigenvalue weighted by Crippen LogP contribution is -2.04. The monoisotopic (exact) mass is 342 g/mol. The van der Waals surface area contributed by atoms with E-state index in [-0.39, 0.29) is 0 Å². The maximum atomic E-state index is 10.2. The van der Waals surface area contributed by atoms with Crippen molar-refractivity contribution in [1.29, 1.82) is 0 Å². The van der Waals surface area contributed by atoms with Crippen LogP contribution >= 0.6 is 27.5 Å². The minimum Gasteiger partial charge on any atom is -0.481 e. The minimum atomic E-state index is -0.659. The Hall–Kier alpha value is -1.17. The molecule has 0 fully saturated rings. The summed E-state index contributed by atoms with van der Waals surface area (Å²) < 4.78 is 5.77. The van der Waals surface area contributed by atoms with Crippen LogP contribution in [0.15, 0.2) is 35.1 Å². The van der Waals surface area contributed by atoms with Gasteiger partial charge in [0.05, 0.1) is 23.9 Å². The van der Waals surface area contributed by atoms with E-state index < -0.39 is 6.10 Å². The van der Waals surface area contributed by atoms with E-state index in [1.54, 1.807) is 31.4 Å². The number of aliphatic hydroxyl groups is 1. The van der Waals surface area contributed by atoms with E-state index in [2.05, 4.69) is 25.9 Å². The molecule has 0 bridgehead atoms. The van der Waals surface area contributed by atoms with Gasteiger partial charge in [0.25, 0.3) is 0 Å². The summed E-state index contributed by atoms with van der Waals surface area (Å²) in [5.74, 6) is 0.481. The first-order valence-electron chi connectivity index (χ1n) is 5.58. The van der Waals surface area contributed by atoms with Crippen molar-refractivity contribution in [2.45, 2.75) is 12.5 Å². The number of aromatic nitrogens is 2. The maximum absolute atomic E-state index is 10.2. The highest BCUT2D eigenvalue weighted by molar-refractivity contribution is 9.10. The predicted octanol–water partition coefficient (Wildman–Crippen LogP) is 3.18. The van der Waals surface area contributed by atoms with Crippen molar-refractivity contribution < 1.29 is 9.84 Å². The Bertz CT molecular complexity index is 580. The molecule has 1 N–H and O–H groups in total. The van der Waals surface area contributed by atoms with Crippen LogP contribution in [0.25, 0.3) is 0 Å². The molecule has 0 spiro atoms. The normalized spacial score (nSPS) is 12.2. The first kappa shape index (κ1) is 14.2. The highest BCUT2D eigenvalue weighted by Gasteiger charge is 2.12. The van der Waals surface area contributed by atoms with Gasteiger partial charge >= 0.3 is 0 Å². The van der Waals surface area contributed by atoms with Crippen LogP contribution in [0.1, 0.15) is 17.4 Å². The molecule has 0 saturated carbocycles. The van der Waals surface area contributed by atoms with E-state index in [0.717, 1.165) is 10.0 Å². The second-order valence-corrected chi connectivity index (χ2v) is 5.21. The number of halogens is 2. The van der Waals surface area contributed by atoms with Gasteiger partial charge in [-0.15, -0.1) is 0 Å². The number of rotatable bonds is 4. The molecule has 1 unspecified atom stereocenters. The number of hydrogen-bond donors (Lipinski definition) is 1. The van der Waals surface area contributed by atoms with Crippen molar-refractivity contribution in [3.05, 3.63) is 51.3 Å². The van der Waals surface area contributed by atoms with Gasteiger partial charge in [-0.25, -0.2) is 9.97 Å². The Morgan fingerprint density at radius 3 is 2.84 bits per heavy atom. The smallest absolute Gasteiger partial charge is 0.216 e. The molecule has 1 heterocycles. The van der Waals surface area contributed by atoms with Gasteiger partial charge < -0.3 is 9.84 Å². The van der Waals surface area contributed by atoms with Crippen LogP contribution in [0.3, 0.4) is 0 Å². The number of hydrogen-bond acceptors (Lipinski definition) is 4. The van der Waals surface area contributed by atoms with Crippen LogP contribution in [0.5, 0.6) is 5.88 Å². The van der Waals surface area contributed by atoms with Gasteiger partial charge in [0, 0.05) is 17.0 Å². The molecule has 1 aromatic heterocycles. The van der Waals surface area contributed by atoms with E-state index in [9.17, 15) is 5.11 Å². The summed E-state index contributed by atoms with van der Waals surface area (Å²) in [5.41, 5.74) is 1.49. The average molecular weight is 344 g/mol. The first-order valence-corrected chi connectivity index (χ1v) is 6.75. The molecule has 0 radical (unpaired) electrons. The molecule has 4 nitrogen and oxygen atoms in total. The molecule has 1 atom stereocenters. The third-order valence-electron chi connectivity index (χ3n) is 2.64. The van der Waals surface area contributed by atoms with Gasteiger partial charge in [0.2, 0.25) is 5.88 Å². The van der Waals surface area contributed by atoms with Crippen LogP contribution < -0.4 is 4.74 Å². The summed E-state index contributed by atoms with van der Waals surface area (Å²) in [4.78, 5) is 8.03. The first-order chi connectivity index (χ1) is 9.10. The van der Waals surface area contributed by atoms with Crippen molar-refractivity contribution in [1.82, 2.24) is 9.97 Å². The summed E-state index contributed by atoms with van der Waals surface area (Å²) in [6.45, 7) is 0. The zero-order valence-electron chi connectivity index (χ0n) is 10.2. The van der Waals surface area contributed by atoms with Crippen molar-refractivity contribution in [2.75, 3.05) is 7.11 Å². The molecule has 0 aliphatic rings. The molecular formula is C13H12BrClN2O2. The summed E-state index contributed by atoms with van der Waals surface area (Å²) >= 11 is 9.25. The average Bonchev–Trinajstić information content (AvgIpc) is 2.42. The number of ether oxygens (including phenoxy) is 1. The summed E-state index contributed by atoms with van der Waals surface area (Å²) in [7, 11) is 1.54. The summed E-state index contributed by atoms with van der Waals surface area (Å²) in [6, 6.07) is 7.03. The quantitative estimate of drug-likeness (QED) is 0.926. The minimum absolute atomic E-state index is 0.382. The van der Waals surface area contributed by atoms with Crippen LogP contribution in [0.4, 0.5) is 0 Å². The molecule has 100 valence electrons. The third-order valence-corrected chi connectivity index (χ3v) is 3.85. The molecule has 1 aromatic carbocycles. The van der Waals surface area contributed by atoms with Crippen LogP contribution in [-0.2, 0) is 6.42 Å². The van der Waals surface area contributed by atoms with Crippen molar-refractivity contribution in [3.63, 3.8) is 0 Å². The van der Waals surface area contributed by atoms with E-state index in [0.29, 0.717) is 23.0 Å². The van der Waals surface area contributed by atoms with Gasteiger partial charge in [0.15, 0.2) is 0 Å². The maximum Gasteiger partial charge on any atom is 0.216 e. The zero-order chi connectivity index (χ0) is 13.8. The molecule has 0 amide bonds. The Kier molecular flexibility index (Phi) is 4.74. The second-order valence-electron chi connectivity index (χ2n) is 3.95. The molecule has 19 heavy (non-hydrogen) atoms. The van der Waals surface area contributed by atoms with Gasteiger partial charge in [-0.3, -0.25) is 0 Å². The number of benzene rings is 1. The largest absolute Gasteiger partial charge is 0.481 e. The Balaban J connectivity index is 2.15. The molecule has 0 saturated heterocycles. The van der Waals surface area contributed by atoms with Crippen LogP contribution in [0, 0.1) is 0 Å². The molecule has 0 aliphatic carbocycles. The Morgan fingerprint density at radius 2 is 2.16 bits per heavy atom. The summed E-state index contributed by atoms with van der Waals surface area (Å²) in [5, 5.41) is 10.8. The number of nitrogens with zero attached hydrogens (tertiary/aromatic N) is 2. The highest BCUT2D eigenvalue weighted by atomic mass is 79.9. The molecule has 2 aromatic rings. The Morgan fingerprint density at radius 1 is 1.37 bits per heavy atom. The van der Waals surface area contributed by atoms with Crippen LogP contribution in [0.2, 0.25) is 5.02 Å². The summed E-state index contributed by atoms with van der Waals surface area (Å²) in [6.07, 6.45) is 1.14. The van der Waals surface area contributed by atoms with E-state index in [1.165, 1.54) is 6.33 Å². The predicted molar refractivity (Wildman–Crippen MR) is 76.4 cm³/mol. The molecule has 2 rings (SSSR count). The molecule has 6 heteroatoms. The van der Waals surface area contributed by atoms with E-state index >= 15 is 0 Å². The number of methoxy groups -OCH3 is 1. The lowest BCUT2D eigenvalue weighted by molar-refractivity contribution is 0.177. The topological polar surface area (TPSA) is 55.2 Å². The Labute approximate surface area is 124 Å².